The lowest BCUT2D eigenvalue weighted by Crippen LogP contribution is -2.19. The van der Waals surface area contributed by atoms with E-state index in [2.05, 4.69) is 30.7 Å². The Morgan fingerprint density at radius 3 is 2.68 bits per heavy atom. The van der Waals surface area contributed by atoms with Crippen LogP contribution in [0.5, 0.6) is 0 Å². The highest BCUT2D eigenvalue weighted by atomic mass is 16.3. The molecule has 0 atom stereocenters. The van der Waals surface area contributed by atoms with Gasteiger partial charge < -0.3 is 10.0 Å². The van der Waals surface area contributed by atoms with Crippen LogP contribution in [0.4, 0.5) is 5.82 Å². The van der Waals surface area contributed by atoms with Gasteiger partial charge in [-0.2, -0.15) is 0 Å². The van der Waals surface area contributed by atoms with Crippen molar-refractivity contribution in [2.75, 3.05) is 4.90 Å². The van der Waals surface area contributed by atoms with Crippen molar-refractivity contribution in [3.8, 4) is 0 Å². The standard InChI is InChI=1S/C20H22N4O/c1-20(2,3)19-21-9-15-10-24(11-17(15)23-19)18-14(12-25)8-13-6-4-5-7-16(13)22-18/h4-9,25H,10-12H2,1-3H3. The summed E-state index contributed by atoms with van der Waals surface area (Å²) >= 11 is 0. The van der Waals surface area contributed by atoms with Gasteiger partial charge in [-0.25, -0.2) is 15.0 Å². The highest BCUT2D eigenvalue weighted by Gasteiger charge is 2.27. The highest BCUT2D eigenvalue weighted by molar-refractivity contribution is 5.81. The number of rotatable bonds is 2. The second-order valence-corrected chi connectivity index (χ2v) is 7.59. The first-order chi connectivity index (χ1) is 12.0. The van der Waals surface area contributed by atoms with E-state index in [0.29, 0.717) is 6.54 Å². The topological polar surface area (TPSA) is 62.1 Å². The third-order valence-corrected chi connectivity index (χ3v) is 4.58. The van der Waals surface area contributed by atoms with Gasteiger partial charge in [0.15, 0.2) is 0 Å². The molecule has 0 spiro atoms. The van der Waals surface area contributed by atoms with E-state index in [9.17, 15) is 5.11 Å². The highest BCUT2D eigenvalue weighted by Crippen LogP contribution is 2.31. The van der Waals surface area contributed by atoms with E-state index in [4.69, 9.17) is 9.97 Å². The van der Waals surface area contributed by atoms with Crippen LogP contribution in [0.1, 0.15) is 43.4 Å². The van der Waals surface area contributed by atoms with Crippen molar-refractivity contribution in [2.24, 2.45) is 0 Å². The molecular formula is C20H22N4O. The zero-order valence-corrected chi connectivity index (χ0v) is 14.8. The van der Waals surface area contributed by atoms with Crippen LogP contribution in [0.3, 0.4) is 0 Å². The third-order valence-electron chi connectivity index (χ3n) is 4.58. The van der Waals surface area contributed by atoms with E-state index in [1.54, 1.807) is 0 Å². The van der Waals surface area contributed by atoms with Crippen LogP contribution in [0.2, 0.25) is 0 Å². The van der Waals surface area contributed by atoms with Crippen LogP contribution in [-0.4, -0.2) is 20.1 Å². The summed E-state index contributed by atoms with van der Waals surface area (Å²) in [5.74, 6) is 1.69. The summed E-state index contributed by atoms with van der Waals surface area (Å²) in [6.07, 6.45) is 1.93. The van der Waals surface area contributed by atoms with Crippen LogP contribution in [0, 0.1) is 0 Å². The van der Waals surface area contributed by atoms with E-state index in [0.717, 1.165) is 45.9 Å². The van der Waals surface area contributed by atoms with Gasteiger partial charge in [0.05, 0.1) is 24.4 Å². The number of fused-ring (bicyclic) bond motifs is 2. The van der Waals surface area contributed by atoms with E-state index in [1.807, 2.05) is 36.5 Å². The van der Waals surface area contributed by atoms with Gasteiger partial charge >= 0.3 is 0 Å². The SMILES string of the molecule is CC(C)(C)c1ncc2c(n1)CN(c1nc3ccccc3cc1CO)C2. The molecule has 0 amide bonds. The van der Waals surface area contributed by atoms with Crippen LogP contribution < -0.4 is 4.90 Å². The molecule has 25 heavy (non-hydrogen) atoms. The molecule has 128 valence electrons. The van der Waals surface area contributed by atoms with Crippen molar-refractivity contribution < 1.29 is 5.11 Å². The number of anilines is 1. The molecule has 4 rings (SSSR count). The minimum atomic E-state index is -0.0695. The predicted octanol–water partition coefficient (Wildman–Crippen LogP) is 3.33. The molecule has 3 aromatic rings. The summed E-state index contributed by atoms with van der Waals surface area (Å²) in [4.78, 5) is 16.3. The lowest BCUT2D eigenvalue weighted by atomic mass is 9.95. The van der Waals surface area contributed by atoms with E-state index in [-0.39, 0.29) is 12.0 Å². The van der Waals surface area contributed by atoms with Crippen LogP contribution in [0.25, 0.3) is 10.9 Å². The minimum absolute atomic E-state index is 0.0288. The number of benzene rings is 1. The van der Waals surface area contributed by atoms with Gasteiger partial charge in [0, 0.05) is 34.7 Å². The van der Waals surface area contributed by atoms with Gasteiger partial charge in [-0.3, -0.25) is 0 Å². The number of para-hydroxylation sites is 1. The Morgan fingerprint density at radius 1 is 1.12 bits per heavy atom. The Morgan fingerprint density at radius 2 is 1.92 bits per heavy atom. The zero-order valence-electron chi connectivity index (χ0n) is 14.8. The van der Waals surface area contributed by atoms with Crippen LogP contribution in [-0.2, 0) is 25.1 Å². The molecule has 0 aliphatic carbocycles. The number of hydrogen-bond acceptors (Lipinski definition) is 5. The summed E-state index contributed by atoms with van der Waals surface area (Å²) < 4.78 is 0. The number of hydrogen-bond donors (Lipinski definition) is 1. The third kappa shape index (κ3) is 2.85. The molecule has 5 heteroatoms. The number of pyridine rings is 1. The average Bonchev–Trinajstić information content (AvgIpc) is 3.02. The molecule has 1 N–H and O–H groups in total. The normalized spacial score (nSPS) is 14.2. The summed E-state index contributed by atoms with van der Waals surface area (Å²) in [6.45, 7) is 7.75. The monoisotopic (exact) mass is 334 g/mol. The number of aromatic nitrogens is 3. The minimum Gasteiger partial charge on any atom is -0.392 e. The Bertz CT molecular complexity index is 946. The Hall–Kier alpha value is -2.53. The van der Waals surface area contributed by atoms with Gasteiger partial charge in [-0.1, -0.05) is 39.0 Å². The van der Waals surface area contributed by atoms with Crippen molar-refractivity contribution in [1.82, 2.24) is 15.0 Å². The first kappa shape index (κ1) is 16.0. The molecule has 0 radical (unpaired) electrons. The molecule has 5 nitrogen and oxygen atoms in total. The fraction of sp³-hybridized carbons (Fsp3) is 0.350. The van der Waals surface area contributed by atoms with Gasteiger partial charge in [0.25, 0.3) is 0 Å². The van der Waals surface area contributed by atoms with Crippen LogP contribution >= 0.6 is 0 Å². The Labute approximate surface area is 147 Å². The van der Waals surface area contributed by atoms with E-state index in [1.165, 1.54) is 0 Å². The first-order valence-corrected chi connectivity index (χ1v) is 8.55. The smallest absolute Gasteiger partial charge is 0.135 e. The fourth-order valence-electron chi connectivity index (χ4n) is 3.20. The molecule has 0 fully saturated rings. The lowest BCUT2D eigenvalue weighted by Gasteiger charge is -2.20. The van der Waals surface area contributed by atoms with Crippen molar-refractivity contribution in [1.29, 1.82) is 0 Å². The van der Waals surface area contributed by atoms with Crippen LogP contribution in [0.15, 0.2) is 36.5 Å². The van der Waals surface area contributed by atoms with Gasteiger partial charge in [-0.05, 0) is 12.1 Å². The molecule has 2 aromatic heterocycles. The number of nitrogens with zero attached hydrogens (tertiary/aromatic N) is 4. The molecule has 0 saturated heterocycles. The summed E-state index contributed by atoms with van der Waals surface area (Å²) in [6, 6.07) is 10.0. The number of aliphatic hydroxyl groups excluding tert-OH is 1. The van der Waals surface area contributed by atoms with Gasteiger partial charge in [0.2, 0.25) is 0 Å². The summed E-state index contributed by atoms with van der Waals surface area (Å²) in [5, 5.41) is 10.9. The maximum absolute atomic E-state index is 9.81. The van der Waals surface area contributed by atoms with Crippen molar-refractivity contribution >= 4 is 16.7 Å². The number of aliphatic hydroxyl groups is 1. The van der Waals surface area contributed by atoms with Crippen molar-refractivity contribution in [2.45, 2.75) is 45.9 Å². The fourth-order valence-corrected chi connectivity index (χ4v) is 3.20. The summed E-state index contributed by atoms with van der Waals surface area (Å²) in [7, 11) is 0. The molecule has 1 aromatic carbocycles. The molecule has 1 aliphatic heterocycles. The predicted molar refractivity (Wildman–Crippen MR) is 98.3 cm³/mol. The molecule has 0 saturated carbocycles. The Balaban J connectivity index is 1.73. The van der Waals surface area contributed by atoms with Gasteiger partial charge in [0.1, 0.15) is 11.6 Å². The van der Waals surface area contributed by atoms with E-state index >= 15 is 0 Å². The largest absolute Gasteiger partial charge is 0.392 e. The lowest BCUT2D eigenvalue weighted by molar-refractivity contribution is 0.282. The zero-order chi connectivity index (χ0) is 17.6. The summed E-state index contributed by atoms with van der Waals surface area (Å²) in [5.41, 5.74) is 3.90. The second-order valence-electron chi connectivity index (χ2n) is 7.59. The quantitative estimate of drug-likeness (QED) is 0.779. The molecule has 0 unspecified atom stereocenters. The second kappa shape index (κ2) is 5.77. The van der Waals surface area contributed by atoms with Crippen molar-refractivity contribution in [3.63, 3.8) is 0 Å². The van der Waals surface area contributed by atoms with Gasteiger partial charge in [-0.15, -0.1) is 0 Å². The Kier molecular flexibility index (Phi) is 3.69. The maximum Gasteiger partial charge on any atom is 0.135 e. The first-order valence-electron chi connectivity index (χ1n) is 8.55. The molecule has 1 aliphatic rings. The molecule has 0 bridgehead atoms. The van der Waals surface area contributed by atoms with E-state index < -0.39 is 0 Å². The maximum atomic E-state index is 9.81. The average molecular weight is 334 g/mol. The van der Waals surface area contributed by atoms with Crippen molar-refractivity contribution in [3.05, 3.63) is 59.2 Å². The molecule has 3 heterocycles. The molecular weight excluding hydrogens is 312 g/mol.